The average Bonchev–Trinajstić information content (AvgIpc) is 2.94. The lowest BCUT2D eigenvalue weighted by Gasteiger charge is -2.07. The van der Waals surface area contributed by atoms with Gasteiger partial charge in [0.2, 0.25) is 0 Å². The molecule has 0 aromatic heterocycles. The number of carbonyl (C=O) groups excluding carboxylic acids is 2. The van der Waals surface area contributed by atoms with Crippen LogP contribution in [0.1, 0.15) is 16.8 Å². The monoisotopic (exact) mass is 202 g/mol. The molecule has 1 saturated carbocycles. The van der Waals surface area contributed by atoms with Crippen molar-refractivity contribution in [3.63, 3.8) is 0 Å². The molecule has 3 nitrogen and oxygen atoms in total. The third-order valence-corrected chi connectivity index (χ3v) is 3.33. The Hall–Kier alpha value is -1.64. The molecular weight excluding hydrogens is 192 g/mol. The van der Waals surface area contributed by atoms with E-state index in [2.05, 4.69) is 0 Å². The molecule has 1 aliphatic carbocycles. The van der Waals surface area contributed by atoms with Crippen LogP contribution in [0, 0.1) is 11.3 Å². The summed E-state index contributed by atoms with van der Waals surface area (Å²) in [6.07, 6.45) is 0.666. The molecule has 1 heterocycles. The third kappa shape index (κ3) is 1.00. The van der Waals surface area contributed by atoms with Gasteiger partial charge in [0, 0.05) is 11.5 Å². The quantitative estimate of drug-likeness (QED) is 0.414. The number of benzene rings is 1. The van der Waals surface area contributed by atoms with Gasteiger partial charge in [0.1, 0.15) is 5.41 Å². The van der Waals surface area contributed by atoms with E-state index in [0.717, 1.165) is 0 Å². The zero-order valence-corrected chi connectivity index (χ0v) is 8.10. The summed E-state index contributed by atoms with van der Waals surface area (Å²) in [4.78, 5) is 23.6. The maximum absolute atomic E-state index is 12.1. The van der Waals surface area contributed by atoms with Gasteiger partial charge in [-0.05, 0) is 6.42 Å². The molecule has 3 heteroatoms. The average molecular weight is 202 g/mol. The summed E-state index contributed by atoms with van der Waals surface area (Å²) in [5.41, 5.74) is -0.208. The van der Waals surface area contributed by atoms with Crippen molar-refractivity contribution < 1.29 is 14.3 Å². The zero-order valence-electron chi connectivity index (χ0n) is 8.10. The molecule has 0 spiro atoms. The molecule has 1 saturated heterocycles. The van der Waals surface area contributed by atoms with Gasteiger partial charge >= 0.3 is 5.97 Å². The van der Waals surface area contributed by atoms with Crippen molar-refractivity contribution in [2.45, 2.75) is 6.42 Å². The van der Waals surface area contributed by atoms with Gasteiger partial charge in [0.05, 0.1) is 6.61 Å². The molecule has 0 radical (unpaired) electrons. The first kappa shape index (κ1) is 8.65. The number of cyclic esters (lactones) is 1. The summed E-state index contributed by atoms with van der Waals surface area (Å²) in [6.45, 7) is 0.414. The van der Waals surface area contributed by atoms with Crippen LogP contribution in [0.15, 0.2) is 30.3 Å². The number of rotatable bonds is 2. The normalized spacial score (nSPS) is 32.0. The van der Waals surface area contributed by atoms with Gasteiger partial charge in [-0.3, -0.25) is 9.59 Å². The zero-order chi connectivity index (χ0) is 10.5. The number of fused-ring (bicyclic) bond motifs is 1. The van der Waals surface area contributed by atoms with Crippen molar-refractivity contribution in [3.05, 3.63) is 35.9 Å². The molecule has 1 aromatic carbocycles. The fourth-order valence-corrected chi connectivity index (χ4v) is 2.30. The van der Waals surface area contributed by atoms with E-state index in [9.17, 15) is 9.59 Å². The Morgan fingerprint density at radius 1 is 1.33 bits per heavy atom. The van der Waals surface area contributed by atoms with E-state index < -0.39 is 5.41 Å². The van der Waals surface area contributed by atoms with Crippen LogP contribution in [0.3, 0.4) is 0 Å². The maximum Gasteiger partial charge on any atom is 0.320 e. The van der Waals surface area contributed by atoms with Gasteiger partial charge in [0.25, 0.3) is 0 Å². The van der Waals surface area contributed by atoms with Crippen LogP contribution in [0.2, 0.25) is 0 Å². The van der Waals surface area contributed by atoms with Gasteiger partial charge in [-0.25, -0.2) is 0 Å². The number of hydrogen-bond donors (Lipinski definition) is 0. The standard InChI is InChI=1S/C12H10O3/c13-10(8-4-2-1-3-5-8)12-6-9(12)7-15-11(12)14/h1-5,9H,6-7H2. The predicted octanol–water partition coefficient (Wildman–Crippen LogP) is 1.43. The number of ether oxygens (including phenoxy) is 1. The Morgan fingerprint density at radius 2 is 2.07 bits per heavy atom. The summed E-state index contributed by atoms with van der Waals surface area (Å²) < 4.78 is 4.90. The Kier molecular flexibility index (Phi) is 1.55. The van der Waals surface area contributed by atoms with E-state index in [1.54, 1.807) is 12.1 Å². The lowest BCUT2D eigenvalue weighted by Crippen LogP contribution is -2.24. The topological polar surface area (TPSA) is 43.4 Å². The highest BCUT2D eigenvalue weighted by atomic mass is 16.5. The van der Waals surface area contributed by atoms with E-state index in [1.165, 1.54) is 0 Å². The number of hydrogen-bond acceptors (Lipinski definition) is 3. The lowest BCUT2D eigenvalue weighted by atomic mass is 9.94. The Labute approximate surface area is 87.0 Å². The minimum absolute atomic E-state index is 0.0735. The second-order valence-electron chi connectivity index (χ2n) is 4.17. The highest BCUT2D eigenvalue weighted by Crippen LogP contribution is 2.59. The second-order valence-corrected chi connectivity index (χ2v) is 4.17. The smallest absolute Gasteiger partial charge is 0.320 e. The number of carbonyl (C=O) groups is 2. The van der Waals surface area contributed by atoms with E-state index in [-0.39, 0.29) is 17.7 Å². The van der Waals surface area contributed by atoms with Crippen molar-refractivity contribution in [2.75, 3.05) is 6.61 Å². The molecule has 0 N–H and O–H groups in total. The SMILES string of the molecule is O=C1OCC2CC12C(=O)c1ccccc1. The Bertz CT molecular complexity index is 437. The van der Waals surface area contributed by atoms with Crippen LogP contribution in [0.4, 0.5) is 0 Å². The van der Waals surface area contributed by atoms with Gasteiger partial charge in [-0.1, -0.05) is 30.3 Å². The first-order valence-corrected chi connectivity index (χ1v) is 5.02. The van der Waals surface area contributed by atoms with Crippen LogP contribution >= 0.6 is 0 Å². The van der Waals surface area contributed by atoms with Crippen LogP contribution < -0.4 is 0 Å². The van der Waals surface area contributed by atoms with Gasteiger partial charge < -0.3 is 4.74 Å². The van der Waals surface area contributed by atoms with Crippen LogP contribution in [0.25, 0.3) is 0 Å². The number of Topliss-reactive ketones (excluding diaryl/α,β-unsaturated/α-hetero) is 1. The minimum atomic E-state index is -0.818. The van der Waals surface area contributed by atoms with Crippen molar-refractivity contribution >= 4 is 11.8 Å². The molecule has 0 amide bonds. The highest BCUT2D eigenvalue weighted by Gasteiger charge is 2.70. The van der Waals surface area contributed by atoms with E-state index >= 15 is 0 Å². The van der Waals surface area contributed by atoms with Gasteiger partial charge in [-0.15, -0.1) is 0 Å². The van der Waals surface area contributed by atoms with Crippen molar-refractivity contribution in [1.29, 1.82) is 0 Å². The van der Waals surface area contributed by atoms with Crippen molar-refractivity contribution in [1.82, 2.24) is 0 Å². The Morgan fingerprint density at radius 3 is 2.60 bits per heavy atom. The molecule has 3 rings (SSSR count). The summed E-state index contributed by atoms with van der Waals surface area (Å²) in [5, 5.41) is 0. The summed E-state index contributed by atoms with van der Waals surface area (Å²) in [6, 6.07) is 8.96. The first-order chi connectivity index (χ1) is 7.25. The lowest BCUT2D eigenvalue weighted by molar-refractivity contribution is -0.143. The first-order valence-electron chi connectivity index (χ1n) is 5.02. The summed E-state index contributed by atoms with van der Waals surface area (Å²) >= 11 is 0. The van der Waals surface area contributed by atoms with E-state index in [0.29, 0.717) is 18.6 Å². The third-order valence-electron chi connectivity index (χ3n) is 3.33. The molecule has 2 fully saturated rings. The molecule has 1 aliphatic heterocycles. The number of ketones is 1. The molecule has 0 bridgehead atoms. The second kappa shape index (κ2) is 2.69. The van der Waals surface area contributed by atoms with Gasteiger partial charge in [-0.2, -0.15) is 0 Å². The molecule has 2 unspecified atom stereocenters. The maximum atomic E-state index is 12.1. The summed E-state index contributed by atoms with van der Waals surface area (Å²) in [7, 11) is 0. The number of esters is 1. The fraction of sp³-hybridized carbons (Fsp3) is 0.333. The van der Waals surface area contributed by atoms with Gasteiger partial charge in [0.15, 0.2) is 5.78 Å². The van der Waals surface area contributed by atoms with Crippen LogP contribution in [-0.2, 0) is 9.53 Å². The van der Waals surface area contributed by atoms with Crippen LogP contribution in [0.5, 0.6) is 0 Å². The van der Waals surface area contributed by atoms with E-state index in [1.807, 2.05) is 18.2 Å². The predicted molar refractivity (Wildman–Crippen MR) is 52.3 cm³/mol. The molecule has 76 valence electrons. The van der Waals surface area contributed by atoms with Crippen LogP contribution in [-0.4, -0.2) is 18.4 Å². The summed E-state index contributed by atoms with van der Waals surface area (Å²) in [5.74, 6) is -0.283. The molecular formula is C12H10O3. The largest absolute Gasteiger partial charge is 0.465 e. The van der Waals surface area contributed by atoms with E-state index in [4.69, 9.17) is 4.74 Å². The molecule has 15 heavy (non-hydrogen) atoms. The molecule has 2 aliphatic rings. The molecule has 2 atom stereocenters. The molecule has 1 aromatic rings. The van der Waals surface area contributed by atoms with Crippen molar-refractivity contribution in [2.24, 2.45) is 11.3 Å². The Balaban J connectivity index is 1.97. The minimum Gasteiger partial charge on any atom is -0.465 e. The fourth-order valence-electron chi connectivity index (χ4n) is 2.30. The highest BCUT2D eigenvalue weighted by molar-refractivity contribution is 6.16. The van der Waals surface area contributed by atoms with Crippen molar-refractivity contribution in [3.8, 4) is 0 Å².